The molecular weight excluding hydrogens is 142 g/mol. The Morgan fingerprint density at radius 3 is 2.27 bits per heavy atom. The van der Waals surface area contributed by atoms with Crippen LogP contribution in [-0.4, -0.2) is 17.7 Å². The van der Waals surface area contributed by atoms with Crippen molar-refractivity contribution in [2.75, 3.05) is 0 Å². The molecular formula is C8H12NO2. The molecule has 3 nitrogen and oxygen atoms in total. The normalized spacial score (nSPS) is 10.5. The summed E-state index contributed by atoms with van der Waals surface area (Å²) in [6.45, 7) is 8.15. The van der Waals surface area contributed by atoms with Gasteiger partial charge in [-0.1, -0.05) is 6.58 Å². The number of nitrogens with one attached hydrogen (secondary N) is 1. The van der Waals surface area contributed by atoms with Crippen molar-refractivity contribution in [3.05, 3.63) is 12.2 Å². The lowest BCUT2D eigenvalue weighted by atomic mass is 10.1. The van der Waals surface area contributed by atoms with E-state index < -0.39 is 5.54 Å². The number of amides is 1. The number of hydrogen-bond acceptors (Lipinski definition) is 2. The molecule has 1 radical (unpaired) electrons. The Balaban J connectivity index is 4.15. The predicted molar refractivity (Wildman–Crippen MR) is 42.7 cm³/mol. The van der Waals surface area contributed by atoms with Gasteiger partial charge in [-0.3, -0.25) is 9.59 Å². The maximum atomic E-state index is 10.9. The van der Waals surface area contributed by atoms with Gasteiger partial charge in [-0.15, -0.1) is 0 Å². The van der Waals surface area contributed by atoms with Crippen LogP contribution in [0.3, 0.4) is 0 Å². The Morgan fingerprint density at radius 1 is 1.55 bits per heavy atom. The van der Waals surface area contributed by atoms with E-state index in [-0.39, 0.29) is 5.91 Å². The van der Waals surface area contributed by atoms with Gasteiger partial charge in [-0.25, -0.2) is 0 Å². The molecule has 0 aliphatic heterocycles. The Labute approximate surface area is 66.5 Å². The standard InChI is InChI=1S/C8H12NO2/c1-6(2)7(11)9-8(3,4)5-10/h1H2,2-4H3,(H,9,11). The van der Waals surface area contributed by atoms with Gasteiger partial charge >= 0.3 is 0 Å². The van der Waals surface area contributed by atoms with Crippen molar-refractivity contribution >= 4 is 12.2 Å². The minimum atomic E-state index is -0.921. The fourth-order valence-corrected chi connectivity index (χ4v) is 0.416. The van der Waals surface area contributed by atoms with E-state index in [4.69, 9.17) is 0 Å². The van der Waals surface area contributed by atoms with Gasteiger partial charge in [0.15, 0.2) is 0 Å². The first-order chi connectivity index (χ1) is 4.89. The zero-order valence-corrected chi connectivity index (χ0v) is 7.02. The van der Waals surface area contributed by atoms with Gasteiger partial charge in [0.25, 0.3) is 0 Å². The van der Waals surface area contributed by atoms with Gasteiger partial charge < -0.3 is 5.32 Å². The first-order valence-corrected chi connectivity index (χ1v) is 3.26. The van der Waals surface area contributed by atoms with E-state index in [0.29, 0.717) is 5.57 Å². The molecule has 0 aliphatic rings. The van der Waals surface area contributed by atoms with Crippen LogP contribution < -0.4 is 5.32 Å². The molecule has 0 bridgehead atoms. The van der Waals surface area contributed by atoms with Gasteiger partial charge in [0, 0.05) is 5.57 Å². The first kappa shape index (κ1) is 9.88. The topological polar surface area (TPSA) is 46.2 Å². The SMILES string of the molecule is C=C(C)C(=O)NC(C)(C)[C]=O. The molecule has 0 saturated carbocycles. The van der Waals surface area contributed by atoms with E-state index in [9.17, 15) is 9.59 Å². The van der Waals surface area contributed by atoms with E-state index in [1.54, 1.807) is 27.1 Å². The second-order valence-corrected chi connectivity index (χ2v) is 2.96. The van der Waals surface area contributed by atoms with Gasteiger partial charge in [-0.2, -0.15) is 0 Å². The van der Waals surface area contributed by atoms with Crippen LogP contribution in [0.5, 0.6) is 0 Å². The summed E-state index contributed by atoms with van der Waals surface area (Å²) in [5.41, 5.74) is -0.538. The minimum Gasteiger partial charge on any atom is -0.340 e. The predicted octanol–water partition coefficient (Wildman–Crippen LogP) is 0.567. The Hall–Kier alpha value is -1.12. The first-order valence-electron chi connectivity index (χ1n) is 3.26. The van der Waals surface area contributed by atoms with Crippen LogP contribution in [0.2, 0.25) is 0 Å². The zero-order chi connectivity index (χ0) is 9.07. The Bertz CT molecular complexity index is 194. The third kappa shape index (κ3) is 3.55. The lowest BCUT2D eigenvalue weighted by molar-refractivity contribution is -0.118. The second kappa shape index (κ2) is 3.32. The molecule has 1 N–H and O–H groups in total. The van der Waals surface area contributed by atoms with E-state index in [0.717, 1.165) is 0 Å². The Kier molecular flexibility index (Phi) is 2.99. The Morgan fingerprint density at radius 2 is 2.00 bits per heavy atom. The number of carbonyl (C=O) groups is 1. The summed E-state index contributed by atoms with van der Waals surface area (Å²) < 4.78 is 0. The van der Waals surface area contributed by atoms with Crippen molar-refractivity contribution in [1.29, 1.82) is 0 Å². The maximum absolute atomic E-state index is 10.9. The minimum absolute atomic E-state index is 0.321. The van der Waals surface area contributed by atoms with Gasteiger partial charge in [0.2, 0.25) is 12.2 Å². The summed E-state index contributed by atoms with van der Waals surface area (Å²) in [6, 6.07) is 0. The van der Waals surface area contributed by atoms with Crippen molar-refractivity contribution in [3.8, 4) is 0 Å². The van der Waals surface area contributed by atoms with Crippen LogP contribution in [0, 0.1) is 0 Å². The molecule has 1 amide bonds. The highest BCUT2D eigenvalue weighted by atomic mass is 16.2. The van der Waals surface area contributed by atoms with Crippen molar-refractivity contribution in [2.45, 2.75) is 26.3 Å². The van der Waals surface area contributed by atoms with Crippen molar-refractivity contribution in [2.24, 2.45) is 0 Å². The summed E-state index contributed by atoms with van der Waals surface area (Å²) in [5.74, 6) is -0.321. The van der Waals surface area contributed by atoms with E-state index in [1.807, 2.05) is 0 Å². The lowest BCUT2D eigenvalue weighted by Crippen LogP contribution is -2.44. The molecule has 0 unspecified atom stereocenters. The lowest BCUT2D eigenvalue weighted by Gasteiger charge is -2.17. The molecule has 61 valence electrons. The van der Waals surface area contributed by atoms with Crippen LogP contribution in [0.1, 0.15) is 20.8 Å². The second-order valence-electron chi connectivity index (χ2n) is 2.96. The summed E-state index contributed by atoms with van der Waals surface area (Å²) in [6.07, 6.45) is 1.70. The van der Waals surface area contributed by atoms with Crippen LogP contribution in [0.15, 0.2) is 12.2 Å². The van der Waals surface area contributed by atoms with Gasteiger partial charge in [0.1, 0.15) is 5.54 Å². The molecule has 0 saturated heterocycles. The van der Waals surface area contributed by atoms with E-state index >= 15 is 0 Å². The fourth-order valence-electron chi connectivity index (χ4n) is 0.416. The van der Waals surface area contributed by atoms with Crippen molar-refractivity contribution < 1.29 is 9.59 Å². The molecule has 0 aliphatic carbocycles. The summed E-state index contributed by atoms with van der Waals surface area (Å²) in [7, 11) is 0. The molecule has 3 heteroatoms. The van der Waals surface area contributed by atoms with Crippen molar-refractivity contribution in [1.82, 2.24) is 5.32 Å². The summed E-state index contributed by atoms with van der Waals surface area (Å²) >= 11 is 0. The molecule has 0 aromatic carbocycles. The number of hydrogen-bond donors (Lipinski definition) is 1. The van der Waals surface area contributed by atoms with Crippen LogP contribution in [0.25, 0.3) is 0 Å². The molecule has 0 fully saturated rings. The fraction of sp³-hybridized carbons (Fsp3) is 0.500. The maximum Gasteiger partial charge on any atom is 0.247 e. The van der Waals surface area contributed by atoms with Crippen LogP contribution in [-0.2, 0) is 9.59 Å². The van der Waals surface area contributed by atoms with Crippen molar-refractivity contribution in [3.63, 3.8) is 0 Å². The molecule has 0 atom stereocenters. The number of rotatable bonds is 3. The highest BCUT2D eigenvalue weighted by Crippen LogP contribution is 1.98. The molecule has 0 heterocycles. The van der Waals surface area contributed by atoms with E-state index in [2.05, 4.69) is 11.9 Å². The molecule has 0 rings (SSSR count). The quantitative estimate of drug-likeness (QED) is 0.604. The largest absolute Gasteiger partial charge is 0.340 e. The van der Waals surface area contributed by atoms with Gasteiger partial charge in [0.05, 0.1) is 0 Å². The summed E-state index contributed by atoms with van der Waals surface area (Å²) in [5, 5.41) is 2.44. The average Bonchev–Trinajstić information content (AvgIpc) is 1.87. The molecule has 0 spiro atoms. The highest BCUT2D eigenvalue weighted by Gasteiger charge is 2.20. The third-order valence-electron chi connectivity index (χ3n) is 1.07. The van der Waals surface area contributed by atoms with Gasteiger partial charge in [-0.05, 0) is 20.8 Å². The average molecular weight is 154 g/mol. The summed E-state index contributed by atoms with van der Waals surface area (Å²) in [4.78, 5) is 21.1. The monoisotopic (exact) mass is 154 g/mol. The third-order valence-corrected chi connectivity index (χ3v) is 1.07. The van der Waals surface area contributed by atoms with E-state index in [1.165, 1.54) is 0 Å². The zero-order valence-electron chi connectivity index (χ0n) is 7.02. The van der Waals surface area contributed by atoms with Crippen LogP contribution >= 0.6 is 0 Å². The molecule has 0 aromatic rings. The number of carbonyl (C=O) groups excluding carboxylic acids is 2. The van der Waals surface area contributed by atoms with Crippen LogP contribution in [0.4, 0.5) is 0 Å². The molecule has 11 heavy (non-hydrogen) atoms. The molecule has 0 aromatic heterocycles. The smallest absolute Gasteiger partial charge is 0.247 e. The highest BCUT2D eigenvalue weighted by molar-refractivity contribution is 5.94.